The van der Waals surface area contributed by atoms with E-state index in [0.717, 1.165) is 55.1 Å². The molecule has 0 atom stereocenters. The number of carbonyl (C=O) groups excluding carboxylic acids is 4. The molecule has 3 aromatic rings. The van der Waals surface area contributed by atoms with Gasteiger partial charge in [-0.15, -0.1) is 6.42 Å². The molecule has 2 heterocycles. The average molecular weight is 591 g/mol. The maximum Gasteiger partial charge on any atom is 0.262 e. The van der Waals surface area contributed by atoms with Gasteiger partial charge >= 0.3 is 0 Å². The third-order valence-electron chi connectivity index (χ3n) is 8.44. The zero-order valence-electron chi connectivity index (χ0n) is 25.4. The second kappa shape index (κ2) is 13.8. The SMILES string of the molecule is C#C/C=C1/C(=O)N(CCNCCCCCCN(C)CCN2C(=O)c3cccc4cccc(c34)C2=O)C(=O)c2cccc(C)c21. The maximum atomic E-state index is 13.1. The highest BCUT2D eigenvalue weighted by molar-refractivity contribution is 6.31. The number of rotatable bonds is 13. The number of carbonyl (C=O) groups is 4. The summed E-state index contributed by atoms with van der Waals surface area (Å²) in [6.45, 7) is 5.31. The van der Waals surface area contributed by atoms with Crippen LogP contribution in [0.4, 0.5) is 0 Å². The van der Waals surface area contributed by atoms with E-state index in [2.05, 4.69) is 16.1 Å². The molecule has 0 aliphatic carbocycles. The molecule has 226 valence electrons. The number of terminal acetylenes is 1. The molecule has 1 N–H and O–H groups in total. The van der Waals surface area contributed by atoms with Gasteiger partial charge in [0.25, 0.3) is 23.6 Å². The van der Waals surface area contributed by atoms with Gasteiger partial charge in [-0.2, -0.15) is 0 Å². The van der Waals surface area contributed by atoms with Crippen LogP contribution >= 0.6 is 0 Å². The van der Waals surface area contributed by atoms with Gasteiger partial charge in [0, 0.05) is 59.9 Å². The zero-order valence-corrected chi connectivity index (χ0v) is 25.4. The topological polar surface area (TPSA) is 90.0 Å². The van der Waals surface area contributed by atoms with Gasteiger partial charge in [-0.05, 0) is 69.1 Å². The number of hydrogen-bond acceptors (Lipinski definition) is 6. The van der Waals surface area contributed by atoms with Crippen molar-refractivity contribution < 1.29 is 19.2 Å². The Balaban J connectivity index is 0.985. The van der Waals surface area contributed by atoms with Crippen molar-refractivity contribution in [3.63, 3.8) is 0 Å². The highest BCUT2D eigenvalue weighted by Gasteiger charge is 2.35. The summed E-state index contributed by atoms with van der Waals surface area (Å²) in [5, 5.41) is 5.01. The molecule has 4 amide bonds. The van der Waals surface area contributed by atoms with Crippen LogP contribution in [0.2, 0.25) is 0 Å². The van der Waals surface area contributed by atoms with E-state index in [1.807, 2.05) is 50.4 Å². The minimum atomic E-state index is -0.350. The van der Waals surface area contributed by atoms with Gasteiger partial charge in [0.15, 0.2) is 0 Å². The van der Waals surface area contributed by atoms with Crippen molar-refractivity contribution in [3.8, 4) is 12.3 Å². The molecule has 3 aromatic carbocycles. The molecule has 0 spiro atoms. The zero-order chi connectivity index (χ0) is 31.2. The number of allylic oxidation sites excluding steroid dienone is 1. The van der Waals surface area contributed by atoms with Crippen LogP contribution in [0.3, 0.4) is 0 Å². The second-order valence-corrected chi connectivity index (χ2v) is 11.4. The largest absolute Gasteiger partial charge is 0.315 e. The van der Waals surface area contributed by atoms with Crippen molar-refractivity contribution in [3.05, 3.63) is 88.5 Å². The number of aryl methyl sites for hydroxylation is 1. The monoisotopic (exact) mass is 590 g/mol. The fourth-order valence-electron chi connectivity index (χ4n) is 6.08. The number of fused-ring (bicyclic) bond motifs is 1. The van der Waals surface area contributed by atoms with E-state index in [1.165, 1.54) is 15.9 Å². The molecule has 44 heavy (non-hydrogen) atoms. The summed E-state index contributed by atoms with van der Waals surface area (Å²) in [6.07, 6.45) is 11.0. The van der Waals surface area contributed by atoms with E-state index < -0.39 is 0 Å². The predicted molar refractivity (Wildman–Crippen MR) is 172 cm³/mol. The summed E-state index contributed by atoms with van der Waals surface area (Å²) in [5.74, 6) is 1.36. The minimum Gasteiger partial charge on any atom is -0.315 e. The Labute approximate surface area is 258 Å². The Kier molecular flexibility index (Phi) is 9.69. The normalized spacial score (nSPS) is 15.5. The predicted octanol–water partition coefficient (Wildman–Crippen LogP) is 4.53. The van der Waals surface area contributed by atoms with E-state index in [-0.39, 0.29) is 30.2 Å². The van der Waals surface area contributed by atoms with Crippen LogP contribution in [0, 0.1) is 19.3 Å². The Morgan fingerprint density at radius 2 is 1.36 bits per heavy atom. The molecule has 0 bridgehead atoms. The van der Waals surface area contributed by atoms with Gasteiger partial charge in [-0.1, -0.05) is 55.2 Å². The quantitative estimate of drug-likeness (QED) is 0.136. The Hall–Kier alpha value is -4.58. The lowest BCUT2D eigenvalue weighted by Crippen LogP contribution is -2.45. The van der Waals surface area contributed by atoms with Crippen molar-refractivity contribution in [2.75, 3.05) is 46.3 Å². The van der Waals surface area contributed by atoms with Crippen LogP contribution in [0.15, 0.2) is 60.7 Å². The third kappa shape index (κ3) is 6.21. The van der Waals surface area contributed by atoms with Crippen LogP contribution in [-0.4, -0.2) is 84.6 Å². The smallest absolute Gasteiger partial charge is 0.262 e. The number of nitrogens with zero attached hydrogens (tertiary/aromatic N) is 3. The highest BCUT2D eigenvalue weighted by Crippen LogP contribution is 2.31. The molecule has 0 unspecified atom stereocenters. The van der Waals surface area contributed by atoms with Crippen LogP contribution in [-0.2, 0) is 4.79 Å². The minimum absolute atomic E-state index is 0.224. The van der Waals surface area contributed by atoms with E-state index >= 15 is 0 Å². The molecule has 8 heteroatoms. The fourth-order valence-corrected chi connectivity index (χ4v) is 6.08. The second-order valence-electron chi connectivity index (χ2n) is 11.4. The van der Waals surface area contributed by atoms with E-state index in [0.29, 0.717) is 47.5 Å². The standard InChI is InChI=1S/C36H38N4O4/c1-4-12-27-31-25(2)13-9-16-28(31)34(42)39(33(27)41)22-20-37-19-7-5-6-8-21-38(3)23-24-40-35(43)29-17-10-14-26-15-11-18-30(32(26)29)36(40)44/h1,9-18,37H,5-8,19-24H2,2-3H3/b27-12+. The fraction of sp³-hybridized carbons (Fsp3) is 0.333. The summed E-state index contributed by atoms with van der Waals surface area (Å²) < 4.78 is 0. The van der Waals surface area contributed by atoms with Crippen LogP contribution in [0.1, 0.15) is 67.9 Å². The lowest BCUT2D eigenvalue weighted by molar-refractivity contribution is -0.122. The maximum absolute atomic E-state index is 13.1. The van der Waals surface area contributed by atoms with Crippen LogP contribution in [0.5, 0.6) is 0 Å². The first-order valence-electron chi connectivity index (χ1n) is 15.2. The number of nitrogens with one attached hydrogen (secondary N) is 1. The van der Waals surface area contributed by atoms with E-state index in [1.54, 1.807) is 18.2 Å². The van der Waals surface area contributed by atoms with Gasteiger partial charge in [0.2, 0.25) is 0 Å². The molecular formula is C36H38N4O4. The van der Waals surface area contributed by atoms with Crippen molar-refractivity contribution in [1.29, 1.82) is 0 Å². The number of amides is 4. The number of likely N-dealkylation sites (N-methyl/N-ethyl adjacent to an activating group) is 1. The van der Waals surface area contributed by atoms with Gasteiger partial charge < -0.3 is 10.2 Å². The Bertz CT molecular complexity index is 1630. The van der Waals surface area contributed by atoms with Gasteiger partial charge in [-0.25, -0.2) is 0 Å². The first-order chi connectivity index (χ1) is 21.3. The van der Waals surface area contributed by atoms with Gasteiger partial charge in [0.1, 0.15) is 0 Å². The molecule has 0 aromatic heterocycles. The first-order valence-corrected chi connectivity index (χ1v) is 15.2. The molecule has 8 nitrogen and oxygen atoms in total. The molecule has 2 aliphatic rings. The summed E-state index contributed by atoms with van der Waals surface area (Å²) in [4.78, 5) is 57.1. The summed E-state index contributed by atoms with van der Waals surface area (Å²) in [5.41, 5.74) is 3.57. The molecule has 0 saturated carbocycles. The van der Waals surface area contributed by atoms with Crippen molar-refractivity contribution in [2.45, 2.75) is 32.6 Å². The van der Waals surface area contributed by atoms with Crippen LogP contribution in [0.25, 0.3) is 16.3 Å². The summed E-state index contributed by atoms with van der Waals surface area (Å²) in [7, 11) is 2.02. The van der Waals surface area contributed by atoms with Crippen molar-refractivity contribution in [2.24, 2.45) is 0 Å². The lowest BCUT2D eigenvalue weighted by Gasteiger charge is -2.29. The number of benzene rings is 3. The Morgan fingerprint density at radius 3 is 2.07 bits per heavy atom. The number of hydrogen-bond donors (Lipinski definition) is 1. The number of unbranched alkanes of at least 4 members (excludes halogenated alkanes) is 3. The number of imide groups is 2. The molecule has 2 aliphatic heterocycles. The molecule has 0 saturated heterocycles. The first kappa shape index (κ1) is 30.9. The van der Waals surface area contributed by atoms with Gasteiger partial charge in [0.05, 0.1) is 5.57 Å². The molecule has 0 fully saturated rings. The van der Waals surface area contributed by atoms with Crippen molar-refractivity contribution in [1.82, 2.24) is 20.0 Å². The van der Waals surface area contributed by atoms with Crippen molar-refractivity contribution >= 4 is 40.0 Å². The molecule has 0 radical (unpaired) electrons. The molecular weight excluding hydrogens is 552 g/mol. The summed E-state index contributed by atoms with van der Waals surface area (Å²) >= 11 is 0. The highest BCUT2D eigenvalue weighted by atomic mass is 16.2. The van der Waals surface area contributed by atoms with E-state index in [9.17, 15) is 19.2 Å². The summed E-state index contributed by atoms with van der Waals surface area (Å²) in [6, 6.07) is 16.6. The third-order valence-corrected chi connectivity index (χ3v) is 8.44. The van der Waals surface area contributed by atoms with E-state index in [4.69, 9.17) is 6.42 Å². The molecule has 5 rings (SSSR count). The lowest BCUT2D eigenvalue weighted by atomic mass is 9.89. The Morgan fingerprint density at radius 1 is 0.750 bits per heavy atom. The van der Waals surface area contributed by atoms with Gasteiger partial charge in [-0.3, -0.25) is 29.0 Å². The average Bonchev–Trinajstić information content (AvgIpc) is 3.02. The van der Waals surface area contributed by atoms with Crippen LogP contribution < -0.4 is 5.32 Å².